The number of carbonyl (C=O) groups excluding carboxylic acids is 1. The average Bonchev–Trinajstić information content (AvgIpc) is 2.85. The number of hydrogen-bond donors (Lipinski definition) is 0. The summed E-state index contributed by atoms with van der Waals surface area (Å²) in [6, 6.07) is 13.6. The molecule has 31 heavy (non-hydrogen) atoms. The van der Waals surface area contributed by atoms with Gasteiger partial charge in [0.1, 0.15) is 0 Å². The van der Waals surface area contributed by atoms with E-state index in [2.05, 4.69) is 19.9 Å². The van der Waals surface area contributed by atoms with Crippen molar-refractivity contribution in [3.8, 4) is 11.4 Å². The van der Waals surface area contributed by atoms with E-state index in [4.69, 9.17) is 4.74 Å². The number of carbonyl (C=O) groups is 1. The van der Waals surface area contributed by atoms with E-state index in [-0.39, 0.29) is 5.91 Å². The molecule has 0 atom stereocenters. The van der Waals surface area contributed by atoms with E-state index < -0.39 is 0 Å². The Kier molecular flexibility index (Phi) is 7.31. The minimum Gasteiger partial charge on any atom is -0.379 e. The number of morpholine rings is 1. The number of ether oxygens (including phenoxy) is 1. The van der Waals surface area contributed by atoms with Crippen molar-refractivity contribution in [2.75, 3.05) is 39.4 Å². The molecule has 0 bridgehead atoms. The van der Waals surface area contributed by atoms with Crippen molar-refractivity contribution in [2.45, 2.75) is 13.0 Å². The zero-order valence-electron chi connectivity index (χ0n) is 17.6. The number of aromatic nitrogens is 3. The van der Waals surface area contributed by atoms with Gasteiger partial charge in [-0.05, 0) is 24.1 Å². The third-order valence-corrected chi connectivity index (χ3v) is 5.35. The summed E-state index contributed by atoms with van der Waals surface area (Å²) in [6.45, 7) is 5.62. The summed E-state index contributed by atoms with van der Waals surface area (Å²) in [5, 5.41) is 0. The summed E-state index contributed by atoms with van der Waals surface area (Å²) in [4.78, 5) is 30.5. The van der Waals surface area contributed by atoms with Gasteiger partial charge in [-0.1, -0.05) is 30.3 Å². The van der Waals surface area contributed by atoms with Crippen LogP contribution in [0.5, 0.6) is 0 Å². The van der Waals surface area contributed by atoms with Crippen molar-refractivity contribution in [1.82, 2.24) is 24.8 Å². The van der Waals surface area contributed by atoms with Crippen LogP contribution in [0.25, 0.3) is 11.4 Å². The SMILES string of the molecule is O=C(c1cnc(-c2ccccc2)nc1)N(CCCN1CCOCC1)Cc1ccncc1. The molecule has 1 fully saturated rings. The van der Waals surface area contributed by atoms with E-state index in [1.54, 1.807) is 24.8 Å². The first-order valence-electron chi connectivity index (χ1n) is 10.7. The molecule has 1 aromatic carbocycles. The topological polar surface area (TPSA) is 71.5 Å². The predicted octanol–water partition coefficient (Wildman–Crippen LogP) is 2.90. The lowest BCUT2D eigenvalue weighted by atomic mass is 10.2. The summed E-state index contributed by atoms with van der Waals surface area (Å²) < 4.78 is 5.42. The molecule has 2 aromatic heterocycles. The quantitative estimate of drug-likeness (QED) is 0.561. The molecular formula is C24H27N5O2. The van der Waals surface area contributed by atoms with Gasteiger partial charge in [-0.3, -0.25) is 14.7 Å². The molecule has 160 valence electrons. The standard InChI is InChI=1S/C24H27N5O2/c30-24(22-17-26-23(27-18-22)21-5-2-1-3-6-21)29(19-20-7-9-25-10-8-20)12-4-11-28-13-15-31-16-14-28/h1-3,5-10,17-18H,4,11-16,19H2. The Morgan fingerprint density at radius 3 is 2.42 bits per heavy atom. The van der Waals surface area contributed by atoms with E-state index in [9.17, 15) is 4.79 Å². The molecule has 0 spiro atoms. The van der Waals surface area contributed by atoms with Crippen LogP contribution in [0, 0.1) is 0 Å². The van der Waals surface area contributed by atoms with Crippen molar-refractivity contribution >= 4 is 5.91 Å². The van der Waals surface area contributed by atoms with Gasteiger partial charge in [0.15, 0.2) is 5.82 Å². The number of nitrogens with zero attached hydrogens (tertiary/aromatic N) is 5. The summed E-state index contributed by atoms with van der Waals surface area (Å²) >= 11 is 0. The van der Waals surface area contributed by atoms with Gasteiger partial charge in [-0.25, -0.2) is 9.97 Å². The molecule has 1 amide bonds. The highest BCUT2D eigenvalue weighted by Crippen LogP contribution is 2.15. The van der Waals surface area contributed by atoms with E-state index in [0.29, 0.717) is 24.5 Å². The van der Waals surface area contributed by atoms with Crippen molar-refractivity contribution < 1.29 is 9.53 Å². The summed E-state index contributed by atoms with van der Waals surface area (Å²) in [5.74, 6) is 0.559. The molecule has 1 saturated heterocycles. The smallest absolute Gasteiger partial charge is 0.257 e. The third kappa shape index (κ3) is 5.93. The number of benzene rings is 1. The van der Waals surface area contributed by atoms with Crippen molar-refractivity contribution in [3.05, 3.63) is 78.4 Å². The summed E-state index contributed by atoms with van der Waals surface area (Å²) in [5.41, 5.74) is 2.48. The zero-order chi connectivity index (χ0) is 21.3. The van der Waals surface area contributed by atoms with Crippen LogP contribution in [0.4, 0.5) is 0 Å². The van der Waals surface area contributed by atoms with Gasteiger partial charge in [0, 0.05) is 63.1 Å². The van der Waals surface area contributed by atoms with E-state index in [1.807, 2.05) is 47.4 Å². The summed E-state index contributed by atoms with van der Waals surface area (Å²) in [6.07, 6.45) is 7.66. The molecule has 0 unspecified atom stereocenters. The Bertz CT molecular complexity index is 945. The lowest BCUT2D eigenvalue weighted by Gasteiger charge is -2.28. The van der Waals surface area contributed by atoms with E-state index in [0.717, 1.165) is 50.4 Å². The molecular weight excluding hydrogens is 390 g/mol. The molecule has 0 aliphatic carbocycles. The average molecular weight is 418 g/mol. The molecule has 7 nitrogen and oxygen atoms in total. The van der Waals surface area contributed by atoms with E-state index in [1.165, 1.54) is 0 Å². The second-order valence-electron chi connectivity index (χ2n) is 7.55. The van der Waals surface area contributed by atoms with E-state index >= 15 is 0 Å². The highest BCUT2D eigenvalue weighted by atomic mass is 16.5. The predicted molar refractivity (Wildman–Crippen MR) is 118 cm³/mol. The van der Waals surface area contributed by atoms with Gasteiger partial charge in [0.2, 0.25) is 0 Å². The van der Waals surface area contributed by atoms with Crippen LogP contribution in [-0.4, -0.2) is 70.1 Å². The molecule has 0 saturated carbocycles. The number of hydrogen-bond acceptors (Lipinski definition) is 6. The maximum absolute atomic E-state index is 13.3. The van der Waals surface area contributed by atoms with Crippen molar-refractivity contribution in [1.29, 1.82) is 0 Å². The first-order valence-corrected chi connectivity index (χ1v) is 10.7. The second kappa shape index (κ2) is 10.7. The van der Waals surface area contributed by atoms with Crippen LogP contribution >= 0.6 is 0 Å². The van der Waals surface area contributed by atoms with Gasteiger partial charge in [-0.15, -0.1) is 0 Å². The van der Waals surface area contributed by atoms with Crippen LogP contribution in [0.15, 0.2) is 67.3 Å². The highest BCUT2D eigenvalue weighted by Gasteiger charge is 2.18. The Balaban J connectivity index is 1.44. The minimum atomic E-state index is -0.0570. The van der Waals surface area contributed by atoms with Gasteiger partial charge in [-0.2, -0.15) is 0 Å². The Hall–Kier alpha value is -3.16. The molecule has 3 aromatic rings. The van der Waals surface area contributed by atoms with Crippen LogP contribution in [0.2, 0.25) is 0 Å². The largest absolute Gasteiger partial charge is 0.379 e. The Morgan fingerprint density at radius 2 is 1.71 bits per heavy atom. The lowest BCUT2D eigenvalue weighted by Crippen LogP contribution is -2.39. The van der Waals surface area contributed by atoms with Crippen molar-refractivity contribution in [3.63, 3.8) is 0 Å². The van der Waals surface area contributed by atoms with Crippen LogP contribution in [0.1, 0.15) is 22.3 Å². The first-order chi connectivity index (χ1) is 15.3. The van der Waals surface area contributed by atoms with Crippen molar-refractivity contribution in [2.24, 2.45) is 0 Å². The fourth-order valence-electron chi connectivity index (χ4n) is 3.63. The fraction of sp³-hybridized carbons (Fsp3) is 0.333. The number of amides is 1. The maximum atomic E-state index is 13.3. The second-order valence-corrected chi connectivity index (χ2v) is 7.55. The minimum absolute atomic E-state index is 0.0570. The van der Waals surface area contributed by atoms with Crippen LogP contribution in [0.3, 0.4) is 0 Å². The van der Waals surface area contributed by atoms with Crippen LogP contribution < -0.4 is 0 Å². The van der Waals surface area contributed by atoms with Crippen LogP contribution in [-0.2, 0) is 11.3 Å². The Labute approximate surface area is 182 Å². The summed E-state index contributed by atoms with van der Waals surface area (Å²) in [7, 11) is 0. The molecule has 1 aliphatic rings. The molecule has 0 radical (unpaired) electrons. The van der Waals surface area contributed by atoms with Gasteiger partial charge in [0.05, 0.1) is 18.8 Å². The normalized spacial score (nSPS) is 14.3. The first kappa shape index (κ1) is 21.1. The lowest BCUT2D eigenvalue weighted by molar-refractivity contribution is 0.0355. The molecule has 0 N–H and O–H groups in total. The molecule has 4 rings (SSSR count). The third-order valence-electron chi connectivity index (χ3n) is 5.35. The number of pyridine rings is 1. The molecule has 7 heteroatoms. The Morgan fingerprint density at radius 1 is 1.00 bits per heavy atom. The van der Waals surface area contributed by atoms with Gasteiger partial charge >= 0.3 is 0 Å². The fourth-order valence-corrected chi connectivity index (χ4v) is 3.63. The van der Waals surface area contributed by atoms with Gasteiger partial charge < -0.3 is 9.64 Å². The molecule has 3 heterocycles. The van der Waals surface area contributed by atoms with Gasteiger partial charge in [0.25, 0.3) is 5.91 Å². The number of rotatable bonds is 8. The zero-order valence-corrected chi connectivity index (χ0v) is 17.6. The highest BCUT2D eigenvalue weighted by molar-refractivity contribution is 5.93. The molecule has 1 aliphatic heterocycles. The monoisotopic (exact) mass is 417 g/mol. The maximum Gasteiger partial charge on any atom is 0.257 e.